The van der Waals surface area contributed by atoms with Crippen LogP contribution >= 0.6 is 9.69 Å². The Morgan fingerprint density at radius 3 is 0.788 bits per heavy atom. The van der Waals surface area contributed by atoms with Crippen LogP contribution in [0.5, 0.6) is 0 Å². The fourth-order valence-electron chi connectivity index (χ4n) is 7.43. The van der Waals surface area contributed by atoms with E-state index in [1.165, 1.54) is 72.8 Å². The number of hydrogen-bond acceptors (Lipinski definition) is 12. The third-order valence-electron chi connectivity index (χ3n) is 10.4. The number of nitrogens with zero attached hydrogens (tertiary/aromatic N) is 4. The number of hydrogen-bond donors (Lipinski definition) is 2. The Balaban J connectivity index is 0.00000292. The van der Waals surface area contributed by atoms with Crippen molar-refractivity contribution in [3.8, 4) is 44.5 Å². The topological polar surface area (TPSA) is 277 Å². The third-order valence-corrected chi connectivity index (χ3v) is 13.8. The molecule has 4 aromatic carbocycles. The monoisotopic (exact) mass is 1070 g/mol. The van der Waals surface area contributed by atoms with Crippen molar-refractivity contribution in [3.63, 3.8) is 0 Å². The van der Waals surface area contributed by atoms with Crippen molar-refractivity contribution < 1.29 is 69.2 Å². The number of rotatable bonds is 8. The van der Waals surface area contributed by atoms with Gasteiger partial charge >= 0.3 is 27.0 Å². The van der Waals surface area contributed by atoms with Crippen molar-refractivity contribution in [2.75, 3.05) is 0 Å². The molecule has 0 fully saturated rings. The van der Waals surface area contributed by atoms with Crippen molar-refractivity contribution in [1.29, 1.82) is 0 Å². The second kappa shape index (κ2) is 17.7. The van der Waals surface area contributed by atoms with Gasteiger partial charge in [-0.25, -0.2) is 26.8 Å². The van der Waals surface area contributed by atoms with E-state index in [1.54, 1.807) is 48.6 Å². The maximum absolute atomic E-state index is 12.0. The second-order valence-electron chi connectivity index (χ2n) is 14.3. The van der Waals surface area contributed by atoms with Gasteiger partial charge in [-0.05, 0) is 117 Å². The van der Waals surface area contributed by atoms with Gasteiger partial charge in [0.2, 0.25) is 0 Å². The molecule has 0 radical (unpaired) electrons. The molecule has 2 N–H and O–H groups in total. The molecular formula is C44H26ClN4O12RhS4-2. The normalized spacial score (nSPS) is 12.8. The summed E-state index contributed by atoms with van der Waals surface area (Å²) in [6, 6.07) is 27.8. The summed E-state index contributed by atoms with van der Waals surface area (Å²) in [5, 5.41) is 0. The molecule has 2 aliphatic rings. The summed E-state index contributed by atoms with van der Waals surface area (Å²) < 4.78 is 139. The summed E-state index contributed by atoms with van der Waals surface area (Å²) in [6.45, 7) is 0. The molecule has 66 heavy (non-hydrogen) atoms. The molecule has 0 amide bonds. The second-order valence-corrected chi connectivity index (χ2v) is 19.9. The molecule has 5 heterocycles. The van der Waals surface area contributed by atoms with Crippen LogP contribution in [0.2, 0.25) is 0 Å². The van der Waals surface area contributed by atoms with Gasteiger partial charge in [0.05, 0.1) is 42.4 Å². The first-order valence-electron chi connectivity index (χ1n) is 18.7. The molecule has 9 rings (SSSR count). The van der Waals surface area contributed by atoms with Crippen LogP contribution in [0.3, 0.4) is 0 Å². The Bertz CT molecular complexity index is 3310. The van der Waals surface area contributed by atoms with Gasteiger partial charge in [0, 0.05) is 0 Å². The number of halogens is 1. The Labute approximate surface area is 391 Å². The first-order chi connectivity index (χ1) is 31.2. The van der Waals surface area contributed by atoms with Crippen LogP contribution in [0.1, 0.15) is 22.8 Å². The molecule has 8 bridgehead atoms. The van der Waals surface area contributed by atoms with Gasteiger partial charge in [-0.2, -0.15) is 16.8 Å². The van der Waals surface area contributed by atoms with E-state index in [9.17, 15) is 51.9 Å². The molecule has 0 saturated heterocycles. The zero-order valence-electron chi connectivity index (χ0n) is 33.0. The first kappa shape index (κ1) is 46.6. The van der Waals surface area contributed by atoms with Gasteiger partial charge in [0.25, 0.3) is 20.2 Å². The van der Waals surface area contributed by atoms with Gasteiger partial charge in [-0.1, -0.05) is 72.8 Å². The predicted octanol–water partition coefficient (Wildman–Crippen LogP) is 7.57. The zero-order valence-corrected chi connectivity index (χ0v) is 38.6. The summed E-state index contributed by atoms with van der Waals surface area (Å²) in [6.07, 6.45) is 6.72. The number of fused-ring (bicyclic) bond motifs is 8. The number of aromatic nitrogens is 4. The van der Waals surface area contributed by atoms with Crippen molar-refractivity contribution >= 4 is 96.5 Å². The van der Waals surface area contributed by atoms with E-state index in [1.807, 2.05) is 17.3 Å². The van der Waals surface area contributed by atoms with Crippen LogP contribution in [0.15, 0.2) is 141 Å². The molecule has 3 aromatic heterocycles. The van der Waals surface area contributed by atoms with E-state index in [0.717, 1.165) is 24.3 Å². The van der Waals surface area contributed by atoms with Crippen LogP contribution in [0.4, 0.5) is 0 Å². The first-order valence-corrected chi connectivity index (χ1v) is 26.5. The van der Waals surface area contributed by atoms with Crippen LogP contribution in [0, 0.1) is 0 Å². The molecule has 0 aliphatic carbocycles. The molecule has 336 valence electrons. The average Bonchev–Trinajstić information content (AvgIpc) is 4.12. The van der Waals surface area contributed by atoms with Crippen LogP contribution in [0.25, 0.3) is 90.9 Å². The van der Waals surface area contributed by atoms with E-state index in [2.05, 4.69) is 9.69 Å². The molecule has 2 aliphatic heterocycles. The van der Waals surface area contributed by atoms with Gasteiger partial charge in [0.1, 0.15) is 20.2 Å². The molecule has 0 atom stereocenters. The standard InChI is InChI=1S/C44H28N4O12S4.ClH.Rh/c49-61(50,51)29-9-1-25(2-10-29)41-33-17-19-35(45-33)42(26-3-11-30(12-4-26)62(52,53)54)37-21-23-39(47-37)44(28-7-15-32(16-8-28)64(58,59)60)40-24-22-38(48-40)43(36-20-18-34(41)46-36)27-5-13-31(14-6-27)63(55,56)57;;/h1-24H,(H,49,50,51)(H,52,53,54)(H,55,56,57)(H,58,59,60);1H;/q-2;;+3/p-3. The molecule has 16 nitrogen and oxygen atoms in total. The summed E-state index contributed by atoms with van der Waals surface area (Å²) in [7, 11) is -14.2. The summed E-state index contributed by atoms with van der Waals surface area (Å²) in [5.41, 5.74) is 5.96. The molecule has 22 heteroatoms. The molecule has 0 saturated carbocycles. The van der Waals surface area contributed by atoms with Crippen molar-refractivity contribution in [2.24, 2.45) is 0 Å². The molecule has 7 aromatic rings. The maximum atomic E-state index is 12.0. The van der Waals surface area contributed by atoms with E-state index in [-0.39, 0.29) is 9.79 Å². The summed E-state index contributed by atoms with van der Waals surface area (Å²) in [4.78, 5) is 18.3. The summed E-state index contributed by atoms with van der Waals surface area (Å²) >= 11 is 2.02. The molecule has 0 spiro atoms. The van der Waals surface area contributed by atoms with Gasteiger partial charge in [-0.3, -0.25) is 9.11 Å². The van der Waals surface area contributed by atoms with Crippen molar-refractivity contribution in [2.45, 2.75) is 19.6 Å². The van der Waals surface area contributed by atoms with Crippen molar-refractivity contribution in [3.05, 3.63) is 144 Å². The Morgan fingerprint density at radius 1 is 0.379 bits per heavy atom. The predicted molar refractivity (Wildman–Crippen MR) is 240 cm³/mol. The minimum atomic E-state index is -4.81. The van der Waals surface area contributed by atoms with Gasteiger partial charge in [0.15, 0.2) is 0 Å². The Kier molecular flexibility index (Phi) is 12.5. The minimum absolute atomic E-state index is 0.325. The van der Waals surface area contributed by atoms with Gasteiger partial charge in [-0.15, -0.1) is 22.1 Å². The molecular weight excluding hydrogens is 1040 g/mol. The van der Waals surface area contributed by atoms with Crippen LogP contribution in [-0.4, -0.2) is 61.9 Å². The SMILES string of the molecule is O=S(=O)([O-])c1ccc(-c2c3nc(c(-c4ccc(S(=O)(=O)O)cc4)c4ccc([n-]4)c(-c4ccc(S(=O)(=O)O)cc4)c4nc(c(-c5ccc(S(=O)(=O)[O-])cc5)c5ccc2[n-]5)C=C4)C=C3)cc1.[Cl][Rh+2]. The van der Waals surface area contributed by atoms with E-state index in [0.29, 0.717) is 89.4 Å². The average molecular weight is 1070 g/mol. The summed E-state index contributed by atoms with van der Waals surface area (Å²) in [5.74, 6) is 0. The van der Waals surface area contributed by atoms with Crippen LogP contribution < -0.4 is 9.97 Å². The zero-order chi connectivity index (χ0) is 47.3. The third kappa shape index (κ3) is 9.36. The quantitative estimate of drug-likeness (QED) is 0.110. The van der Waals surface area contributed by atoms with Gasteiger partial charge < -0.3 is 19.1 Å². The fourth-order valence-corrected chi connectivity index (χ4v) is 9.33. The van der Waals surface area contributed by atoms with E-state index >= 15 is 0 Å². The molecule has 0 unspecified atom stereocenters. The Hall–Kier alpha value is -5.97. The van der Waals surface area contributed by atoms with Crippen molar-refractivity contribution in [1.82, 2.24) is 19.9 Å². The number of benzene rings is 4. The Morgan fingerprint density at radius 2 is 0.591 bits per heavy atom. The van der Waals surface area contributed by atoms with E-state index < -0.39 is 50.3 Å². The van der Waals surface area contributed by atoms with E-state index in [4.69, 9.17) is 19.9 Å². The van der Waals surface area contributed by atoms with Crippen LogP contribution in [-0.2, 0) is 57.8 Å². The fraction of sp³-hybridized carbons (Fsp3) is 0.